The second kappa shape index (κ2) is 5.21. The first-order valence-corrected chi connectivity index (χ1v) is 7.34. The summed E-state index contributed by atoms with van der Waals surface area (Å²) >= 11 is 0. The van der Waals surface area contributed by atoms with Gasteiger partial charge in [0.25, 0.3) is 0 Å². The molecule has 3 heterocycles. The van der Waals surface area contributed by atoms with Gasteiger partial charge in [-0.1, -0.05) is 0 Å². The smallest absolute Gasteiger partial charge is 0.344 e. The second-order valence-electron chi connectivity index (χ2n) is 6.11. The van der Waals surface area contributed by atoms with Crippen molar-refractivity contribution < 1.29 is 14.8 Å². The molecule has 3 saturated heterocycles. The van der Waals surface area contributed by atoms with E-state index in [1.165, 1.54) is 4.90 Å². The van der Waals surface area contributed by atoms with Crippen molar-refractivity contribution >= 4 is 11.9 Å². The topological polar surface area (TPSA) is 76.1 Å². The van der Waals surface area contributed by atoms with Gasteiger partial charge in [-0.3, -0.25) is 10.0 Å². The van der Waals surface area contributed by atoms with Gasteiger partial charge in [0.05, 0.1) is 6.04 Å². The van der Waals surface area contributed by atoms with Crippen molar-refractivity contribution in [1.29, 1.82) is 0 Å². The zero-order valence-electron chi connectivity index (χ0n) is 11.8. The molecule has 112 valence electrons. The molecule has 2 atom stereocenters. The Morgan fingerprint density at radius 1 is 1.25 bits per heavy atom. The molecule has 0 aromatic carbocycles. The van der Waals surface area contributed by atoms with Crippen LogP contribution in [0.5, 0.6) is 0 Å². The highest BCUT2D eigenvalue weighted by atomic mass is 16.5. The highest BCUT2D eigenvalue weighted by Gasteiger charge is 2.46. The second-order valence-corrected chi connectivity index (χ2v) is 6.11. The normalized spacial score (nSPS) is 31.8. The summed E-state index contributed by atoms with van der Waals surface area (Å²) in [6.07, 6.45) is 3.23. The number of carbonyl (C=O) groups excluding carboxylic acids is 2. The lowest BCUT2D eigenvalue weighted by atomic mass is 9.99. The number of amides is 3. The first kappa shape index (κ1) is 13.6. The number of hydrogen-bond donors (Lipinski definition) is 2. The fraction of sp³-hybridized carbons (Fsp3) is 0.846. The largest absolute Gasteiger partial charge is 0.351 e. The Kier molecular flexibility index (Phi) is 3.55. The van der Waals surface area contributed by atoms with Crippen molar-refractivity contribution in [2.75, 3.05) is 26.7 Å². The van der Waals surface area contributed by atoms with E-state index in [0.717, 1.165) is 31.0 Å². The summed E-state index contributed by atoms with van der Waals surface area (Å²) in [5, 5.41) is 13.5. The third-order valence-corrected chi connectivity index (χ3v) is 4.71. The Labute approximate surface area is 118 Å². The maximum atomic E-state index is 12.4. The Hall–Kier alpha value is -1.34. The predicted octanol–water partition coefficient (Wildman–Crippen LogP) is -0.145. The van der Waals surface area contributed by atoms with Crippen LogP contribution >= 0.6 is 0 Å². The van der Waals surface area contributed by atoms with Crippen LogP contribution in [0.4, 0.5) is 4.79 Å². The molecular formula is C13H22N4O3. The third kappa shape index (κ3) is 2.35. The molecule has 7 nitrogen and oxygen atoms in total. The molecule has 7 heteroatoms. The molecule has 0 saturated carbocycles. The third-order valence-electron chi connectivity index (χ3n) is 4.71. The van der Waals surface area contributed by atoms with Gasteiger partial charge in [0.15, 0.2) is 0 Å². The molecule has 2 N–H and O–H groups in total. The van der Waals surface area contributed by atoms with Crippen LogP contribution in [-0.2, 0) is 4.79 Å². The van der Waals surface area contributed by atoms with E-state index >= 15 is 0 Å². The first-order chi connectivity index (χ1) is 9.56. The highest BCUT2D eigenvalue weighted by molar-refractivity contribution is 5.88. The van der Waals surface area contributed by atoms with Gasteiger partial charge < -0.3 is 15.1 Å². The van der Waals surface area contributed by atoms with E-state index in [-0.39, 0.29) is 18.0 Å². The van der Waals surface area contributed by atoms with Gasteiger partial charge in [-0.25, -0.2) is 9.86 Å². The highest BCUT2D eigenvalue weighted by Crippen LogP contribution is 2.28. The van der Waals surface area contributed by atoms with Crippen molar-refractivity contribution in [2.45, 2.75) is 43.8 Å². The van der Waals surface area contributed by atoms with Crippen LogP contribution in [0.1, 0.15) is 25.7 Å². The van der Waals surface area contributed by atoms with E-state index in [0.29, 0.717) is 19.4 Å². The molecule has 2 bridgehead atoms. The Bertz CT molecular complexity index is 408. The number of nitrogens with one attached hydrogen (secondary N) is 1. The minimum Gasteiger partial charge on any atom is -0.351 e. The molecule has 20 heavy (non-hydrogen) atoms. The number of hydrogen-bond acceptors (Lipinski definition) is 4. The lowest BCUT2D eigenvalue weighted by molar-refractivity contribution is -0.127. The van der Waals surface area contributed by atoms with E-state index in [1.807, 2.05) is 0 Å². The summed E-state index contributed by atoms with van der Waals surface area (Å²) in [6, 6.07) is -0.791. The van der Waals surface area contributed by atoms with Gasteiger partial charge in [-0.15, -0.1) is 0 Å². The predicted molar refractivity (Wildman–Crippen MR) is 71.2 cm³/mol. The number of fused-ring (bicyclic) bond motifs is 2. The number of likely N-dealkylation sites (tertiary alicyclic amines) is 1. The van der Waals surface area contributed by atoms with E-state index in [1.54, 1.807) is 0 Å². The zero-order valence-corrected chi connectivity index (χ0v) is 11.8. The van der Waals surface area contributed by atoms with Gasteiger partial charge in [0.1, 0.15) is 6.04 Å². The van der Waals surface area contributed by atoms with Crippen molar-refractivity contribution in [2.24, 2.45) is 0 Å². The number of hydroxylamine groups is 2. The summed E-state index contributed by atoms with van der Waals surface area (Å²) in [5.74, 6) is -0.0679. The van der Waals surface area contributed by atoms with Crippen LogP contribution in [0.25, 0.3) is 0 Å². The van der Waals surface area contributed by atoms with Gasteiger partial charge in [0, 0.05) is 12.6 Å². The van der Waals surface area contributed by atoms with Crippen molar-refractivity contribution in [3.05, 3.63) is 0 Å². The van der Waals surface area contributed by atoms with Crippen molar-refractivity contribution in [3.63, 3.8) is 0 Å². The van der Waals surface area contributed by atoms with Crippen LogP contribution in [0.15, 0.2) is 0 Å². The van der Waals surface area contributed by atoms with E-state index in [4.69, 9.17) is 0 Å². The molecule has 3 rings (SSSR count). The Morgan fingerprint density at radius 2 is 1.95 bits per heavy atom. The number of urea groups is 1. The fourth-order valence-corrected chi connectivity index (χ4v) is 3.37. The average Bonchev–Trinajstić information content (AvgIpc) is 2.66. The first-order valence-electron chi connectivity index (χ1n) is 7.34. The molecule has 0 aromatic rings. The minimum atomic E-state index is -0.434. The van der Waals surface area contributed by atoms with E-state index in [9.17, 15) is 14.8 Å². The van der Waals surface area contributed by atoms with E-state index in [2.05, 4.69) is 17.3 Å². The van der Waals surface area contributed by atoms with Gasteiger partial charge in [-0.2, -0.15) is 0 Å². The SMILES string of the molecule is CN1CCC(NC(=O)[C@@H]2CCC3CN2C(=O)N3O)CC1. The maximum absolute atomic E-state index is 12.4. The summed E-state index contributed by atoms with van der Waals surface area (Å²) in [5.41, 5.74) is 0. The quantitative estimate of drug-likeness (QED) is 0.691. The lowest BCUT2D eigenvalue weighted by Gasteiger charge is -2.33. The van der Waals surface area contributed by atoms with Crippen LogP contribution in [0, 0.1) is 0 Å². The Balaban J connectivity index is 1.59. The van der Waals surface area contributed by atoms with Gasteiger partial charge in [-0.05, 0) is 45.8 Å². The van der Waals surface area contributed by atoms with E-state index < -0.39 is 12.1 Å². The molecular weight excluding hydrogens is 260 g/mol. The maximum Gasteiger partial charge on any atom is 0.344 e. The fourth-order valence-electron chi connectivity index (χ4n) is 3.37. The van der Waals surface area contributed by atoms with Crippen LogP contribution in [0.2, 0.25) is 0 Å². The van der Waals surface area contributed by atoms with Gasteiger partial charge >= 0.3 is 6.03 Å². The standard InChI is InChI=1S/C13H22N4O3/c1-15-6-4-9(5-7-15)14-12(18)11-3-2-10-8-16(11)13(19)17(10)20/h9-11,20H,2-8H2,1H3,(H,14,18)/t10?,11-/m0/s1. The molecule has 0 spiro atoms. The summed E-state index contributed by atoms with van der Waals surface area (Å²) < 4.78 is 0. The van der Waals surface area contributed by atoms with Crippen LogP contribution < -0.4 is 5.32 Å². The van der Waals surface area contributed by atoms with Crippen LogP contribution in [-0.4, -0.2) is 76.8 Å². The average molecular weight is 282 g/mol. The number of piperidine rings is 2. The molecule has 0 aliphatic carbocycles. The van der Waals surface area contributed by atoms with Crippen LogP contribution in [0.3, 0.4) is 0 Å². The molecule has 3 aliphatic rings. The number of rotatable bonds is 2. The zero-order chi connectivity index (χ0) is 14.3. The minimum absolute atomic E-state index is 0.0679. The molecule has 3 amide bonds. The molecule has 1 unspecified atom stereocenters. The molecule has 3 aliphatic heterocycles. The lowest BCUT2D eigenvalue weighted by Crippen LogP contribution is -2.53. The molecule has 3 fully saturated rings. The van der Waals surface area contributed by atoms with Crippen molar-refractivity contribution in [3.8, 4) is 0 Å². The molecule has 0 radical (unpaired) electrons. The summed E-state index contributed by atoms with van der Waals surface area (Å²) in [6.45, 7) is 2.44. The summed E-state index contributed by atoms with van der Waals surface area (Å²) in [4.78, 5) is 28.0. The molecule has 0 aromatic heterocycles. The van der Waals surface area contributed by atoms with Crippen molar-refractivity contribution in [1.82, 2.24) is 20.2 Å². The number of carbonyl (C=O) groups is 2. The number of nitrogens with zero attached hydrogens (tertiary/aromatic N) is 3. The van der Waals surface area contributed by atoms with Gasteiger partial charge in [0.2, 0.25) is 5.91 Å². The monoisotopic (exact) mass is 282 g/mol. The Morgan fingerprint density at radius 3 is 2.65 bits per heavy atom. The summed E-state index contributed by atoms with van der Waals surface area (Å²) in [7, 11) is 2.08.